The van der Waals surface area contributed by atoms with Crippen molar-refractivity contribution in [3.8, 4) is 10.4 Å². The number of sulfonamides is 1. The first-order valence-electron chi connectivity index (χ1n) is 25.9. The van der Waals surface area contributed by atoms with Crippen LogP contribution in [0.25, 0.3) is 10.4 Å². The number of amides is 4. The third kappa shape index (κ3) is 16.5. The van der Waals surface area contributed by atoms with Gasteiger partial charge in [-0.25, -0.2) is 23.1 Å². The second kappa shape index (κ2) is 25.7. The standard InChI is InChI=1S/C55H73N11O9S2/c1-36-32-57-53(62-50(36)59-41-10-9-11-44(30-41)77(72,73)63-55(6,7)8)60-40-16-18-42(19-17-40)64-22-24-65(25-23-64)47(69)21-27-75-29-28-74-26-20-46(68)61-49(54(3,4)5)52(71)66-34-43(67)31-45(66)51(70)56-33-38-12-14-39(15-13-38)48-37(2)58-35-76-48/h9-19,30,32,35,43,45,49,63,67H,20-29,31,33-34H2,1-8H3,(H,56,70)(H,61,68)(H2,57,59,60,62)/t43-,45+,49-/m1/s1. The average molecular weight is 1100 g/mol. The quantitative estimate of drug-likeness (QED) is 0.0432. The van der Waals surface area contributed by atoms with Gasteiger partial charge in [0, 0.05) is 86.5 Å². The van der Waals surface area contributed by atoms with Crippen LogP contribution in [0.15, 0.2) is 89.4 Å². The van der Waals surface area contributed by atoms with E-state index in [9.17, 15) is 32.7 Å². The van der Waals surface area contributed by atoms with E-state index in [0.717, 1.165) is 38.6 Å². The normalized spacial score (nSPS) is 16.5. The molecule has 414 valence electrons. The number of nitrogens with zero attached hydrogens (tertiary/aromatic N) is 6. The molecule has 20 nitrogen and oxygen atoms in total. The number of hydrogen-bond acceptors (Lipinski definition) is 16. The van der Waals surface area contributed by atoms with Crippen LogP contribution in [0.3, 0.4) is 0 Å². The van der Waals surface area contributed by atoms with E-state index < -0.39 is 45.1 Å². The molecule has 5 aromatic rings. The van der Waals surface area contributed by atoms with Gasteiger partial charge in [0.1, 0.15) is 17.9 Å². The number of anilines is 5. The average Bonchev–Trinajstić information content (AvgIpc) is 4.01. The van der Waals surface area contributed by atoms with Crippen molar-refractivity contribution in [1.82, 2.24) is 40.1 Å². The number of piperazine rings is 1. The molecule has 4 amide bonds. The van der Waals surface area contributed by atoms with Crippen molar-refractivity contribution in [2.24, 2.45) is 5.41 Å². The molecule has 3 aromatic carbocycles. The molecule has 2 aliphatic rings. The number of aliphatic hydroxyl groups excluding tert-OH is 1. The molecule has 0 saturated carbocycles. The van der Waals surface area contributed by atoms with Gasteiger partial charge in [-0.05, 0) is 93.6 Å². The second-order valence-electron chi connectivity index (χ2n) is 21.4. The van der Waals surface area contributed by atoms with Gasteiger partial charge in [-0.3, -0.25) is 19.2 Å². The summed E-state index contributed by atoms with van der Waals surface area (Å²) in [5.74, 6) is -0.300. The van der Waals surface area contributed by atoms with E-state index in [-0.39, 0.29) is 81.4 Å². The predicted molar refractivity (Wildman–Crippen MR) is 298 cm³/mol. The molecule has 0 spiro atoms. The first kappa shape index (κ1) is 58.1. The van der Waals surface area contributed by atoms with Crippen molar-refractivity contribution in [3.63, 3.8) is 0 Å². The number of β-amino-alcohol motifs (C(OH)–C–C–N with tert-alkyl or cyclic N) is 1. The van der Waals surface area contributed by atoms with E-state index in [2.05, 4.69) is 45.8 Å². The number of thiazole rings is 1. The first-order valence-corrected chi connectivity index (χ1v) is 28.2. The fourth-order valence-electron chi connectivity index (χ4n) is 8.89. The fourth-order valence-corrected chi connectivity index (χ4v) is 11.2. The molecule has 3 atom stereocenters. The van der Waals surface area contributed by atoms with E-state index in [1.54, 1.807) is 62.6 Å². The molecule has 0 bridgehead atoms. The van der Waals surface area contributed by atoms with Crippen LogP contribution in [0, 0.1) is 19.3 Å². The second-order valence-corrected chi connectivity index (χ2v) is 24.0. The smallest absolute Gasteiger partial charge is 0.246 e. The summed E-state index contributed by atoms with van der Waals surface area (Å²) < 4.78 is 39.9. The summed E-state index contributed by atoms with van der Waals surface area (Å²) in [5, 5.41) is 22.8. The van der Waals surface area contributed by atoms with E-state index in [1.165, 1.54) is 4.90 Å². The molecule has 2 fully saturated rings. The highest BCUT2D eigenvalue weighted by molar-refractivity contribution is 7.89. The number of rotatable bonds is 22. The largest absolute Gasteiger partial charge is 0.391 e. The van der Waals surface area contributed by atoms with Crippen LogP contribution in [0.1, 0.15) is 77.6 Å². The van der Waals surface area contributed by atoms with Crippen molar-refractivity contribution in [1.29, 1.82) is 0 Å². The monoisotopic (exact) mass is 1100 g/mol. The third-order valence-electron chi connectivity index (χ3n) is 13.0. The Morgan fingerprint density at radius 2 is 1.52 bits per heavy atom. The molecular formula is C55H73N11O9S2. The van der Waals surface area contributed by atoms with E-state index >= 15 is 0 Å². The highest BCUT2D eigenvalue weighted by Gasteiger charge is 2.44. The maximum Gasteiger partial charge on any atom is 0.246 e. The molecule has 0 aliphatic carbocycles. The molecule has 2 aromatic heterocycles. The minimum absolute atomic E-state index is 0.00604. The summed E-state index contributed by atoms with van der Waals surface area (Å²) in [4.78, 5) is 73.7. The van der Waals surface area contributed by atoms with Gasteiger partial charge in [-0.15, -0.1) is 11.3 Å². The Bertz CT molecular complexity index is 2940. The Labute approximate surface area is 455 Å². The predicted octanol–water partition coefficient (Wildman–Crippen LogP) is 6.05. The Balaban J connectivity index is 0.770. The van der Waals surface area contributed by atoms with Crippen LogP contribution in [-0.2, 0) is 45.2 Å². The maximum absolute atomic E-state index is 14.0. The van der Waals surface area contributed by atoms with E-state index in [1.807, 2.05) is 93.6 Å². The molecule has 2 aliphatic heterocycles. The molecule has 2 saturated heterocycles. The number of aryl methyl sites for hydroxylation is 2. The molecule has 4 heterocycles. The molecule has 22 heteroatoms. The summed E-state index contributed by atoms with van der Waals surface area (Å²) in [7, 11) is -3.73. The van der Waals surface area contributed by atoms with Crippen molar-refractivity contribution >= 4 is 73.8 Å². The van der Waals surface area contributed by atoms with Crippen LogP contribution in [0.4, 0.5) is 28.8 Å². The van der Waals surface area contributed by atoms with Crippen LogP contribution in [0.5, 0.6) is 0 Å². The number of hydrogen-bond donors (Lipinski definition) is 6. The van der Waals surface area contributed by atoms with Gasteiger partial charge < -0.3 is 50.5 Å². The molecule has 6 N–H and O–H groups in total. The Morgan fingerprint density at radius 1 is 0.831 bits per heavy atom. The lowest BCUT2D eigenvalue weighted by molar-refractivity contribution is -0.144. The maximum atomic E-state index is 14.0. The van der Waals surface area contributed by atoms with Crippen molar-refractivity contribution < 1.29 is 42.2 Å². The molecular weight excluding hydrogens is 1020 g/mol. The summed E-state index contributed by atoms with van der Waals surface area (Å²) >= 11 is 1.57. The zero-order valence-electron chi connectivity index (χ0n) is 45.2. The number of benzene rings is 3. The lowest BCUT2D eigenvalue weighted by Crippen LogP contribution is -2.57. The van der Waals surface area contributed by atoms with Gasteiger partial charge in [-0.1, -0.05) is 51.1 Å². The molecule has 0 radical (unpaired) electrons. The topological polar surface area (TPSA) is 250 Å². The SMILES string of the molecule is Cc1cnc(Nc2ccc(N3CCN(C(=O)CCOCCOCCC(=O)N[C@H](C(=O)N4C[C@H](O)C[C@H]4C(=O)NCc4ccc(-c5scnc5C)cc4)C(C)(C)C)CC3)cc2)nc1Nc1cccc(S(=O)(=O)NC(C)(C)C)c1. The summed E-state index contributed by atoms with van der Waals surface area (Å²) in [6.45, 7) is 18.2. The van der Waals surface area contributed by atoms with Crippen LogP contribution >= 0.6 is 11.3 Å². The summed E-state index contributed by atoms with van der Waals surface area (Å²) in [5.41, 5.74) is 6.51. The number of likely N-dealkylation sites (tertiary alicyclic amines) is 1. The van der Waals surface area contributed by atoms with E-state index in [4.69, 9.17) is 9.47 Å². The van der Waals surface area contributed by atoms with Crippen molar-refractivity contribution in [3.05, 3.63) is 101 Å². The van der Waals surface area contributed by atoms with Gasteiger partial charge in [0.2, 0.25) is 39.6 Å². The Hall–Kier alpha value is -6.56. The number of aliphatic hydroxyl groups is 1. The zero-order valence-corrected chi connectivity index (χ0v) is 46.9. The number of carbonyl (C=O) groups is 4. The molecule has 0 unspecified atom stereocenters. The number of ether oxygens (including phenoxy) is 2. The van der Waals surface area contributed by atoms with Crippen LogP contribution in [-0.4, -0.2) is 145 Å². The number of aromatic nitrogens is 3. The highest BCUT2D eigenvalue weighted by Crippen LogP contribution is 2.30. The Kier molecular flexibility index (Phi) is 19.4. The Morgan fingerprint density at radius 3 is 2.17 bits per heavy atom. The van der Waals surface area contributed by atoms with E-state index in [0.29, 0.717) is 43.6 Å². The highest BCUT2D eigenvalue weighted by atomic mass is 32.2. The number of carbonyl (C=O) groups excluding carboxylic acids is 4. The lowest BCUT2D eigenvalue weighted by Gasteiger charge is -2.36. The third-order valence-corrected chi connectivity index (χ3v) is 15.7. The van der Waals surface area contributed by atoms with Gasteiger partial charge in [-0.2, -0.15) is 4.98 Å². The molecule has 77 heavy (non-hydrogen) atoms. The van der Waals surface area contributed by atoms with Gasteiger partial charge >= 0.3 is 0 Å². The summed E-state index contributed by atoms with van der Waals surface area (Å²) in [6, 6.07) is 20.5. The van der Waals surface area contributed by atoms with Gasteiger partial charge in [0.15, 0.2) is 0 Å². The minimum atomic E-state index is -3.73. The first-order chi connectivity index (χ1) is 36.5. The van der Waals surface area contributed by atoms with Crippen LogP contribution in [0.2, 0.25) is 0 Å². The summed E-state index contributed by atoms with van der Waals surface area (Å²) in [6.07, 6.45) is 1.12. The molecule has 7 rings (SSSR count). The lowest BCUT2D eigenvalue weighted by atomic mass is 9.85. The number of nitrogens with one attached hydrogen (secondary N) is 5. The van der Waals surface area contributed by atoms with Gasteiger partial charge in [0.25, 0.3) is 0 Å². The van der Waals surface area contributed by atoms with Crippen LogP contribution < -0.4 is 30.9 Å². The van der Waals surface area contributed by atoms with Gasteiger partial charge in [0.05, 0.1) is 59.9 Å². The fraction of sp³-hybridized carbons (Fsp3) is 0.473. The van der Waals surface area contributed by atoms with Crippen molar-refractivity contribution in [2.75, 3.05) is 74.7 Å². The van der Waals surface area contributed by atoms with Crippen molar-refractivity contribution in [2.45, 2.75) is 110 Å². The zero-order chi connectivity index (χ0) is 55.5. The minimum Gasteiger partial charge on any atom is -0.391 e.